The Morgan fingerprint density at radius 1 is 1.32 bits per heavy atom. The Labute approximate surface area is 119 Å². The standard InChI is InChI=1S/C11H10N4O2S2/c1-17-9(16)8-13-11(19-15-8)14-10(18)12-7-5-3-2-4-6-7/h2-6H,1H3,(H2,12,13,14,15,18). The Balaban J connectivity index is 1.96. The summed E-state index contributed by atoms with van der Waals surface area (Å²) in [4.78, 5) is 15.1. The highest BCUT2D eigenvalue weighted by molar-refractivity contribution is 7.80. The molecule has 6 nitrogen and oxygen atoms in total. The second kappa shape index (κ2) is 6.21. The number of carbonyl (C=O) groups is 1. The molecular formula is C11H10N4O2S2. The van der Waals surface area contributed by atoms with Crippen LogP contribution in [-0.2, 0) is 4.74 Å². The monoisotopic (exact) mass is 294 g/mol. The van der Waals surface area contributed by atoms with Crippen LogP contribution in [0.4, 0.5) is 10.8 Å². The highest BCUT2D eigenvalue weighted by atomic mass is 32.1. The van der Waals surface area contributed by atoms with Crippen LogP contribution in [0.25, 0.3) is 0 Å². The first-order valence-electron chi connectivity index (χ1n) is 5.24. The molecule has 19 heavy (non-hydrogen) atoms. The van der Waals surface area contributed by atoms with Crippen LogP contribution in [0, 0.1) is 0 Å². The van der Waals surface area contributed by atoms with Crippen molar-refractivity contribution in [1.29, 1.82) is 0 Å². The Morgan fingerprint density at radius 2 is 2.05 bits per heavy atom. The van der Waals surface area contributed by atoms with Gasteiger partial charge in [-0.3, -0.25) is 0 Å². The molecule has 2 rings (SSSR count). The quantitative estimate of drug-likeness (QED) is 0.663. The molecule has 98 valence electrons. The lowest BCUT2D eigenvalue weighted by molar-refractivity contribution is 0.0588. The Morgan fingerprint density at radius 3 is 2.74 bits per heavy atom. The number of anilines is 2. The molecular weight excluding hydrogens is 284 g/mol. The molecule has 0 saturated heterocycles. The lowest BCUT2D eigenvalue weighted by atomic mass is 10.3. The summed E-state index contributed by atoms with van der Waals surface area (Å²) in [6.07, 6.45) is 0. The lowest BCUT2D eigenvalue weighted by Crippen LogP contribution is -2.19. The van der Waals surface area contributed by atoms with Gasteiger partial charge >= 0.3 is 5.97 Å². The van der Waals surface area contributed by atoms with E-state index in [1.165, 1.54) is 7.11 Å². The van der Waals surface area contributed by atoms with Crippen LogP contribution in [0.2, 0.25) is 0 Å². The molecule has 0 atom stereocenters. The first kappa shape index (κ1) is 13.4. The summed E-state index contributed by atoms with van der Waals surface area (Å²) in [7, 11) is 1.28. The minimum absolute atomic E-state index is 0.0116. The van der Waals surface area contributed by atoms with Crippen molar-refractivity contribution in [2.75, 3.05) is 17.7 Å². The van der Waals surface area contributed by atoms with Crippen molar-refractivity contribution < 1.29 is 9.53 Å². The highest BCUT2D eigenvalue weighted by Crippen LogP contribution is 2.12. The zero-order valence-electron chi connectivity index (χ0n) is 9.91. The van der Waals surface area contributed by atoms with E-state index in [1.54, 1.807) is 0 Å². The van der Waals surface area contributed by atoms with Gasteiger partial charge in [0.1, 0.15) is 0 Å². The Bertz CT molecular complexity index is 585. The number of ether oxygens (including phenoxy) is 1. The van der Waals surface area contributed by atoms with Gasteiger partial charge in [-0.05, 0) is 24.4 Å². The zero-order valence-corrected chi connectivity index (χ0v) is 11.5. The van der Waals surface area contributed by atoms with Gasteiger partial charge in [-0.1, -0.05) is 18.2 Å². The van der Waals surface area contributed by atoms with E-state index in [0.29, 0.717) is 10.2 Å². The molecule has 0 radical (unpaired) electrons. The molecule has 0 unspecified atom stereocenters. The molecule has 0 amide bonds. The van der Waals surface area contributed by atoms with Crippen molar-refractivity contribution >= 4 is 45.7 Å². The largest absolute Gasteiger partial charge is 0.463 e. The molecule has 0 aliphatic rings. The summed E-state index contributed by atoms with van der Waals surface area (Å²) < 4.78 is 8.37. The summed E-state index contributed by atoms with van der Waals surface area (Å²) in [5, 5.41) is 6.63. The SMILES string of the molecule is COC(=O)c1nsc(NC(=S)Nc2ccccc2)n1. The van der Waals surface area contributed by atoms with Crippen LogP contribution in [0.5, 0.6) is 0 Å². The number of carbonyl (C=O) groups excluding carboxylic acids is 1. The van der Waals surface area contributed by atoms with Crippen molar-refractivity contribution in [2.45, 2.75) is 0 Å². The van der Waals surface area contributed by atoms with E-state index in [1.807, 2.05) is 30.3 Å². The Kier molecular flexibility index (Phi) is 4.37. The summed E-state index contributed by atoms with van der Waals surface area (Å²) in [6.45, 7) is 0. The molecule has 1 aromatic heterocycles. The summed E-state index contributed by atoms with van der Waals surface area (Å²) >= 11 is 6.15. The van der Waals surface area contributed by atoms with E-state index in [4.69, 9.17) is 12.2 Å². The number of rotatable bonds is 3. The van der Waals surface area contributed by atoms with Crippen molar-refractivity contribution in [1.82, 2.24) is 9.36 Å². The second-order valence-corrected chi connectivity index (χ2v) is 4.52. The topological polar surface area (TPSA) is 76.1 Å². The van der Waals surface area contributed by atoms with Gasteiger partial charge < -0.3 is 15.4 Å². The number of para-hydroxylation sites is 1. The van der Waals surface area contributed by atoms with E-state index >= 15 is 0 Å². The maximum atomic E-state index is 11.2. The van der Waals surface area contributed by atoms with Gasteiger partial charge in [0.15, 0.2) is 5.11 Å². The van der Waals surface area contributed by atoms with Gasteiger partial charge in [0.05, 0.1) is 7.11 Å². The van der Waals surface area contributed by atoms with Gasteiger partial charge in [0, 0.05) is 17.2 Å². The van der Waals surface area contributed by atoms with E-state index in [2.05, 4.69) is 24.7 Å². The number of nitrogens with zero attached hydrogens (tertiary/aromatic N) is 2. The summed E-state index contributed by atoms with van der Waals surface area (Å²) in [6, 6.07) is 9.47. The lowest BCUT2D eigenvalue weighted by Gasteiger charge is -2.07. The Hall–Kier alpha value is -2.06. The number of hydrogen-bond acceptors (Lipinski definition) is 6. The summed E-state index contributed by atoms with van der Waals surface area (Å²) in [5.74, 6) is -0.566. The average Bonchev–Trinajstić information content (AvgIpc) is 2.87. The van der Waals surface area contributed by atoms with Crippen molar-refractivity contribution in [3.63, 3.8) is 0 Å². The predicted octanol–water partition coefficient (Wildman–Crippen LogP) is 2.13. The predicted molar refractivity (Wildman–Crippen MR) is 77.5 cm³/mol. The van der Waals surface area contributed by atoms with E-state index in [0.717, 1.165) is 17.2 Å². The van der Waals surface area contributed by atoms with Gasteiger partial charge in [-0.2, -0.15) is 9.36 Å². The number of esters is 1. The maximum absolute atomic E-state index is 11.2. The van der Waals surface area contributed by atoms with E-state index in [-0.39, 0.29) is 5.82 Å². The first-order chi connectivity index (χ1) is 9.19. The fourth-order valence-corrected chi connectivity index (χ4v) is 2.07. The first-order valence-corrected chi connectivity index (χ1v) is 6.42. The molecule has 2 N–H and O–H groups in total. The maximum Gasteiger partial charge on any atom is 0.377 e. The van der Waals surface area contributed by atoms with Gasteiger partial charge in [0.25, 0.3) is 5.82 Å². The van der Waals surface area contributed by atoms with E-state index < -0.39 is 5.97 Å². The van der Waals surface area contributed by atoms with Crippen LogP contribution in [0.1, 0.15) is 10.6 Å². The van der Waals surface area contributed by atoms with Gasteiger partial charge in [-0.25, -0.2) is 4.79 Å². The second-order valence-electron chi connectivity index (χ2n) is 3.36. The van der Waals surface area contributed by atoms with Gasteiger partial charge in [0.2, 0.25) is 5.13 Å². The van der Waals surface area contributed by atoms with Crippen LogP contribution in [0.15, 0.2) is 30.3 Å². The highest BCUT2D eigenvalue weighted by Gasteiger charge is 2.13. The number of methoxy groups -OCH3 is 1. The average molecular weight is 294 g/mol. The molecule has 0 bridgehead atoms. The summed E-state index contributed by atoms with van der Waals surface area (Å²) in [5.41, 5.74) is 0.859. The molecule has 0 aliphatic carbocycles. The van der Waals surface area contributed by atoms with Crippen LogP contribution in [-0.4, -0.2) is 27.5 Å². The molecule has 1 aromatic carbocycles. The van der Waals surface area contributed by atoms with Crippen LogP contribution >= 0.6 is 23.8 Å². The molecule has 2 aromatic rings. The molecule has 8 heteroatoms. The van der Waals surface area contributed by atoms with Crippen molar-refractivity contribution in [3.8, 4) is 0 Å². The van der Waals surface area contributed by atoms with Gasteiger partial charge in [-0.15, -0.1) is 0 Å². The number of thiocarbonyl (C=S) groups is 1. The third-order valence-electron chi connectivity index (χ3n) is 2.05. The third-order valence-corrected chi connectivity index (χ3v) is 2.88. The van der Waals surface area contributed by atoms with Crippen LogP contribution in [0.3, 0.4) is 0 Å². The minimum atomic E-state index is -0.578. The smallest absolute Gasteiger partial charge is 0.377 e. The zero-order chi connectivity index (χ0) is 13.7. The molecule has 0 spiro atoms. The van der Waals surface area contributed by atoms with Crippen LogP contribution < -0.4 is 10.6 Å². The van der Waals surface area contributed by atoms with Crippen molar-refractivity contribution in [3.05, 3.63) is 36.2 Å². The fourth-order valence-electron chi connectivity index (χ4n) is 1.23. The normalized spacial score (nSPS) is 9.74. The number of nitrogens with one attached hydrogen (secondary N) is 2. The molecule has 0 fully saturated rings. The van der Waals surface area contributed by atoms with E-state index in [9.17, 15) is 4.79 Å². The third kappa shape index (κ3) is 3.70. The van der Waals surface area contributed by atoms with Crippen molar-refractivity contribution in [2.24, 2.45) is 0 Å². The fraction of sp³-hybridized carbons (Fsp3) is 0.0909. The number of hydrogen-bond donors (Lipinski definition) is 2. The molecule has 0 aliphatic heterocycles. The molecule has 0 saturated carbocycles. The minimum Gasteiger partial charge on any atom is -0.463 e. The number of benzene rings is 1. The molecule has 1 heterocycles. The number of aromatic nitrogens is 2.